The first kappa shape index (κ1) is 19.8. The molecule has 0 aliphatic carbocycles. The Balaban J connectivity index is 1.84. The molecule has 0 spiro atoms. The highest BCUT2D eigenvalue weighted by Crippen LogP contribution is 2.27. The van der Waals surface area contributed by atoms with Crippen molar-refractivity contribution in [2.24, 2.45) is 4.99 Å². The number of benzene rings is 2. The maximum atomic E-state index is 13.2. The molecule has 2 rings (SSSR count). The van der Waals surface area contributed by atoms with Gasteiger partial charge in [-0.25, -0.2) is 4.39 Å². The van der Waals surface area contributed by atoms with Gasteiger partial charge in [-0.15, -0.1) is 0 Å². The van der Waals surface area contributed by atoms with Crippen LogP contribution in [0, 0.1) is 5.82 Å². The Morgan fingerprint density at radius 3 is 2.42 bits per heavy atom. The van der Waals surface area contributed by atoms with E-state index in [0.29, 0.717) is 30.5 Å². The molecule has 0 amide bonds. The third-order valence-corrected chi connectivity index (χ3v) is 4.11. The Hall–Kier alpha value is -2.47. The molecule has 26 heavy (non-hydrogen) atoms. The van der Waals surface area contributed by atoms with Crippen LogP contribution in [0.2, 0.25) is 5.02 Å². The standard InChI is InChI=1S/C19H23ClFN3O2/c1-22-19(24-12-14-4-6-16(21)15(20)10-14)23-9-8-13-5-7-17(25-2)18(11-13)26-3/h4-7,10-11H,8-9,12H2,1-3H3,(H2,22,23,24). The smallest absolute Gasteiger partial charge is 0.191 e. The van der Waals surface area contributed by atoms with Crippen LogP contribution < -0.4 is 20.1 Å². The number of nitrogens with zero attached hydrogens (tertiary/aromatic N) is 1. The lowest BCUT2D eigenvalue weighted by atomic mass is 10.1. The van der Waals surface area contributed by atoms with Gasteiger partial charge < -0.3 is 20.1 Å². The Morgan fingerprint density at radius 2 is 1.77 bits per heavy atom. The van der Waals surface area contributed by atoms with Crippen molar-refractivity contribution >= 4 is 17.6 Å². The minimum Gasteiger partial charge on any atom is -0.493 e. The van der Waals surface area contributed by atoms with Gasteiger partial charge >= 0.3 is 0 Å². The molecule has 0 saturated heterocycles. The lowest BCUT2D eigenvalue weighted by Crippen LogP contribution is -2.37. The van der Waals surface area contributed by atoms with Gasteiger partial charge in [0.2, 0.25) is 0 Å². The Bertz CT molecular complexity index is 768. The van der Waals surface area contributed by atoms with E-state index in [4.69, 9.17) is 21.1 Å². The van der Waals surface area contributed by atoms with Crippen molar-refractivity contribution in [1.29, 1.82) is 0 Å². The van der Waals surface area contributed by atoms with E-state index in [1.807, 2.05) is 18.2 Å². The predicted molar refractivity (Wildman–Crippen MR) is 103 cm³/mol. The second-order valence-electron chi connectivity index (χ2n) is 5.54. The minimum absolute atomic E-state index is 0.112. The molecular weight excluding hydrogens is 357 g/mol. The first-order valence-corrected chi connectivity index (χ1v) is 8.54. The fourth-order valence-electron chi connectivity index (χ4n) is 2.42. The van der Waals surface area contributed by atoms with Crippen molar-refractivity contribution in [2.45, 2.75) is 13.0 Å². The van der Waals surface area contributed by atoms with Gasteiger partial charge in [-0.2, -0.15) is 0 Å². The summed E-state index contributed by atoms with van der Waals surface area (Å²) in [7, 11) is 4.93. The molecule has 0 aliphatic rings. The van der Waals surface area contributed by atoms with E-state index in [2.05, 4.69) is 15.6 Å². The number of nitrogens with one attached hydrogen (secondary N) is 2. The van der Waals surface area contributed by atoms with E-state index in [0.717, 1.165) is 17.5 Å². The Morgan fingerprint density at radius 1 is 1.04 bits per heavy atom. The summed E-state index contributed by atoms with van der Waals surface area (Å²) in [5.74, 6) is 1.65. The second kappa shape index (κ2) is 9.87. The molecule has 7 heteroatoms. The van der Waals surface area contributed by atoms with Gasteiger partial charge in [0.25, 0.3) is 0 Å². The van der Waals surface area contributed by atoms with Crippen LogP contribution in [0.25, 0.3) is 0 Å². The number of methoxy groups -OCH3 is 2. The quantitative estimate of drug-likeness (QED) is 0.572. The second-order valence-corrected chi connectivity index (χ2v) is 5.95. The molecule has 0 aromatic heterocycles. The molecule has 0 unspecified atom stereocenters. The van der Waals surface area contributed by atoms with Gasteiger partial charge in [0, 0.05) is 20.1 Å². The van der Waals surface area contributed by atoms with Crippen LogP contribution in [0.4, 0.5) is 4.39 Å². The predicted octanol–water partition coefficient (Wildman–Crippen LogP) is 3.40. The molecular formula is C19H23ClFN3O2. The van der Waals surface area contributed by atoms with Crippen LogP contribution in [0.15, 0.2) is 41.4 Å². The number of hydrogen-bond acceptors (Lipinski definition) is 3. The van der Waals surface area contributed by atoms with Gasteiger partial charge in [0.15, 0.2) is 17.5 Å². The number of aliphatic imine (C=N–C) groups is 1. The summed E-state index contributed by atoms with van der Waals surface area (Å²) >= 11 is 5.79. The molecule has 0 atom stereocenters. The Kier molecular flexibility index (Phi) is 7.53. The van der Waals surface area contributed by atoms with Crippen molar-refractivity contribution in [3.63, 3.8) is 0 Å². The highest BCUT2D eigenvalue weighted by atomic mass is 35.5. The van der Waals surface area contributed by atoms with Crippen molar-refractivity contribution in [3.8, 4) is 11.5 Å². The van der Waals surface area contributed by atoms with Crippen molar-refractivity contribution in [1.82, 2.24) is 10.6 Å². The van der Waals surface area contributed by atoms with E-state index in [1.165, 1.54) is 6.07 Å². The fraction of sp³-hybridized carbons (Fsp3) is 0.316. The summed E-state index contributed by atoms with van der Waals surface area (Å²) in [6.45, 7) is 1.19. The van der Waals surface area contributed by atoms with Crippen LogP contribution in [-0.2, 0) is 13.0 Å². The zero-order chi connectivity index (χ0) is 18.9. The maximum Gasteiger partial charge on any atom is 0.191 e. The summed E-state index contributed by atoms with van der Waals surface area (Å²) in [4.78, 5) is 4.18. The molecule has 0 fully saturated rings. The molecule has 0 saturated carbocycles. The summed E-state index contributed by atoms with van der Waals surface area (Å²) in [6.07, 6.45) is 0.795. The zero-order valence-corrected chi connectivity index (χ0v) is 15.9. The van der Waals surface area contributed by atoms with E-state index < -0.39 is 5.82 Å². The molecule has 2 aromatic rings. The highest BCUT2D eigenvalue weighted by Gasteiger charge is 2.05. The van der Waals surface area contributed by atoms with Crippen molar-refractivity contribution in [2.75, 3.05) is 27.8 Å². The molecule has 5 nitrogen and oxygen atoms in total. The normalized spacial score (nSPS) is 11.2. The maximum absolute atomic E-state index is 13.2. The largest absolute Gasteiger partial charge is 0.493 e. The summed E-state index contributed by atoms with van der Waals surface area (Å²) in [5.41, 5.74) is 2.00. The van der Waals surface area contributed by atoms with Gasteiger partial charge in [-0.1, -0.05) is 23.7 Å². The van der Waals surface area contributed by atoms with E-state index in [1.54, 1.807) is 33.4 Å². The van der Waals surface area contributed by atoms with Crippen molar-refractivity contribution < 1.29 is 13.9 Å². The van der Waals surface area contributed by atoms with Crippen LogP contribution in [0.1, 0.15) is 11.1 Å². The van der Waals surface area contributed by atoms with Gasteiger partial charge in [0.05, 0.1) is 19.2 Å². The van der Waals surface area contributed by atoms with E-state index in [-0.39, 0.29) is 5.02 Å². The van der Waals surface area contributed by atoms with Crippen molar-refractivity contribution in [3.05, 3.63) is 58.4 Å². The van der Waals surface area contributed by atoms with Crippen LogP contribution in [0.5, 0.6) is 11.5 Å². The summed E-state index contributed by atoms with van der Waals surface area (Å²) < 4.78 is 23.7. The zero-order valence-electron chi connectivity index (χ0n) is 15.1. The molecule has 0 heterocycles. The fourth-order valence-corrected chi connectivity index (χ4v) is 2.62. The molecule has 2 N–H and O–H groups in total. The average molecular weight is 380 g/mol. The highest BCUT2D eigenvalue weighted by molar-refractivity contribution is 6.30. The molecule has 2 aromatic carbocycles. The van der Waals surface area contributed by atoms with Crippen LogP contribution in [-0.4, -0.2) is 33.8 Å². The lowest BCUT2D eigenvalue weighted by molar-refractivity contribution is 0.354. The monoisotopic (exact) mass is 379 g/mol. The number of halogens is 2. The number of hydrogen-bond donors (Lipinski definition) is 2. The van der Waals surface area contributed by atoms with Gasteiger partial charge in [-0.05, 0) is 41.8 Å². The van der Waals surface area contributed by atoms with E-state index >= 15 is 0 Å². The lowest BCUT2D eigenvalue weighted by Gasteiger charge is -2.13. The molecule has 0 bridgehead atoms. The first-order chi connectivity index (χ1) is 12.6. The number of guanidine groups is 1. The average Bonchev–Trinajstić information content (AvgIpc) is 2.66. The minimum atomic E-state index is -0.423. The number of rotatable bonds is 7. The van der Waals surface area contributed by atoms with Crippen LogP contribution >= 0.6 is 11.6 Å². The molecule has 140 valence electrons. The number of ether oxygens (including phenoxy) is 2. The summed E-state index contributed by atoms with van der Waals surface area (Å²) in [5, 5.41) is 6.52. The molecule has 0 aliphatic heterocycles. The van der Waals surface area contributed by atoms with Gasteiger partial charge in [0.1, 0.15) is 5.82 Å². The first-order valence-electron chi connectivity index (χ1n) is 8.16. The molecule has 0 radical (unpaired) electrons. The Labute approximate surface area is 158 Å². The van der Waals surface area contributed by atoms with Gasteiger partial charge in [-0.3, -0.25) is 4.99 Å². The third-order valence-electron chi connectivity index (χ3n) is 3.82. The SMILES string of the molecule is CN=C(NCCc1ccc(OC)c(OC)c1)NCc1ccc(F)c(Cl)c1. The van der Waals surface area contributed by atoms with E-state index in [9.17, 15) is 4.39 Å². The third kappa shape index (κ3) is 5.52. The summed E-state index contributed by atoms with van der Waals surface area (Å²) in [6, 6.07) is 10.5. The topological polar surface area (TPSA) is 54.9 Å². The van der Waals surface area contributed by atoms with Crippen LogP contribution in [0.3, 0.4) is 0 Å².